The van der Waals surface area contributed by atoms with Crippen LogP contribution in [0.4, 0.5) is 14.9 Å². The number of nitrogens with zero attached hydrogens (tertiary/aromatic N) is 5. The first-order chi connectivity index (χ1) is 17.2. The molecule has 3 fully saturated rings. The molecule has 2 saturated heterocycles. The number of fused-ring (bicyclic) bond motifs is 1. The van der Waals surface area contributed by atoms with Crippen molar-refractivity contribution < 1.29 is 9.18 Å². The molecule has 3 aromatic rings. The number of piperazine rings is 1. The summed E-state index contributed by atoms with van der Waals surface area (Å²) in [6.45, 7) is 7.52. The van der Waals surface area contributed by atoms with Gasteiger partial charge in [0.2, 0.25) is 0 Å². The number of aromatic nitrogens is 1. The molecule has 0 unspecified atom stereocenters. The lowest BCUT2D eigenvalue weighted by molar-refractivity contribution is 0.169. The zero-order valence-corrected chi connectivity index (χ0v) is 20.3. The number of halogens is 1. The fraction of sp³-hybridized carbons (Fsp3) is 0.464. The van der Waals surface area contributed by atoms with Crippen LogP contribution >= 0.6 is 0 Å². The maximum Gasteiger partial charge on any atom is 0.320 e. The van der Waals surface area contributed by atoms with Gasteiger partial charge in [-0.3, -0.25) is 4.90 Å². The predicted molar refractivity (Wildman–Crippen MR) is 138 cm³/mol. The van der Waals surface area contributed by atoms with Crippen LogP contribution in [0.5, 0.6) is 0 Å². The lowest BCUT2D eigenvalue weighted by Crippen LogP contribution is -2.49. The molecule has 35 heavy (non-hydrogen) atoms. The third kappa shape index (κ3) is 4.38. The van der Waals surface area contributed by atoms with E-state index in [1.54, 1.807) is 0 Å². The molecule has 184 valence electrons. The van der Waals surface area contributed by atoms with Crippen LogP contribution in [0.15, 0.2) is 54.7 Å². The van der Waals surface area contributed by atoms with Crippen molar-refractivity contribution in [3.8, 4) is 5.69 Å². The van der Waals surface area contributed by atoms with Crippen molar-refractivity contribution in [2.45, 2.75) is 31.7 Å². The van der Waals surface area contributed by atoms with Crippen molar-refractivity contribution in [3.05, 3.63) is 60.5 Å². The maximum absolute atomic E-state index is 13.4. The summed E-state index contributed by atoms with van der Waals surface area (Å²) in [5, 5.41) is 1.22. The van der Waals surface area contributed by atoms with E-state index in [-0.39, 0.29) is 11.8 Å². The number of amides is 2. The van der Waals surface area contributed by atoms with E-state index in [4.69, 9.17) is 0 Å². The number of rotatable bonds is 6. The molecule has 2 amide bonds. The number of hydrogen-bond acceptors (Lipinski definition) is 3. The normalized spacial score (nSPS) is 20.0. The van der Waals surface area contributed by atoms with Gasteiger partial charge in [0.25, 0.3) is 0 Å². The topological polar surface area (TPSA) is 35.0 Å². The van der Waals surface area contributed by atoms with Crippen molar-refractivity contribution >= 4 is 22.6 Å². The first kappa shape index (κ1) is 22.4. The molecule has 0 N–H and O–H groups in total. The third-order valence-electron chi connectivity index (χ3n) is 8.11. The van der Waals surface area contributed by atoms with Crippen molar-refractivity contribution in [2.75, 3.05) is 57.3 Å². The van der Waals surface area contributed by atoms with Crippen LogP contribution in [0.2, 0.25) is 0 Å². The minimum absolute atomic E-state index is 0.219. The monoisotopic (exact) mass is 475 g/mol. The van der Waals surface area contributed by atoms with E-state index in [2.05, 4.69) is 54.6 Å². The van der Waals surface area contributed by atoms with Crippen molar-refractivity contribution in [1.82, 2.24) is 19.3 Å². The zero-order chi connectivity index (χ0) is 23.8. The van der Waals surface area contributed by atoms with Crippen LogP contribution in [0.25, 0.3) is 16.6 Å². The van der Waals surface area contributed by atoms with Gasteiger partial charge in [0.15, 0.2) is 0 Å². The van der Waals surface area contributed by atoms with Gasteiger partial charge in [0.05, 0.1) is 5.52 Å². The van der Waals surface area contributed by atoms with Gasteiger partial charge in [-0.2, -0.15) is 0 Å². The Morgan fingerprint density at radius 1 is 0.829 bits per heavy atom. The molecule has 3 heterocycles. The van der Waals surface area contributed by atoms with Crippen molar-refractivity contribution in [2.24, 2.45) is 0 Å². The molecule has 1 saturated carbocycles. The Labute approximate surface area is 206 Å². The van der Waals surface area contributed by atoms with E-state index in [0.717, 1.165) is 63.6 Å². The summed E-state index contributed by atoms with van der Waals surface area (Å²) in [5.41, 5.74) is 3.35. The smallest absolute Gasteiger partial charge is 0.320 e. The van der Waals surface area contributed by atoms with E-state index in [9.17, 15) is 9.18 Å². The number of carbonyl (C=O) groups excluding carboxylic acids is 1. The number of anilines is 1. The Kier molecular flexibility index (Phi) is 6.10. The van der Waals surface area contributed by atoms with Gasteiger partial charge < -0.3 is 19.3 Å². The standard InChI is InChI=1S/C28H34FN5O/c29-22-8-10-24(11-9-22)33-13-12-25-26(6-3-7-27(25)33)31-17-14-30(15-18-31)16-19-32-20-21-34(28(32)35)23-4-1-2-5-23/h3,6-13,23H,1-2,4-5,14-21H2. The third-order valence-corrected chi connectivity index (χ3v) is 8.11. The van der Waals surface area contributed by atoms with Crippen LogP contribution < -0.4 is 4.90 Å². The second-order valence-electron chi connectivity index (χ2n) is 10.1. The van der Waals surface area contributed by atoms with Crippen LogP contribution in [-0.4, -0.2) is 83.7 Å². The molecule has 0 bridgehead atoms. The molecule has 1 aliphatic carbocycles. The minimum atomic E-state index is -0.219. The molecular weight excluding hydrogens is 441 g/mol. The summed E-state index contributed by atoms with van der Waals surface area (Å²) in [4.78, 5) is 22.0. The van der Waals surface area contributed by atoms with Gasteiger partial charge >= 0.3 is 6.03 Å². The largest absolute Gasteiger partial charge is 0.368 e. The molecule has 7 heteroatoms. The average Bonchev–Trinajstić information content (AvgIpc) is 3.64. The lowest BCUT2D eigenvalue weighted by atomic mass is 10.1. The van der Waals surface area contributed by atoms with Gasteiger partial charge in [-0.25, -0.2) is 9.18 Å². The van der Waals surface area contributed by atoms with E-state index < -0.39 is 0 Å². The quantitative estimate of drug-likeness (QED) is 0.524. The molecule has 2 aromatic carbocycles. The fourth-order valence-corrected chi connectivity index (χ4v) is 6.09. The van der Waals surface area contributed by atoms with Crippen LogP contribution in [0.3, 0.4) is 0 Å². The summed E-state index contributed by atoms with van der Waals surface area (Å²) in [6.07, 6.45) is 6.97. The van der Waals surface area contributed by atoms with E-state index >= 15 is 0 Å². The van der Waals surface area contributed by atoms with Gasteiger partial charge in [0.1, 0.15) is 5.82 Å². The first-order valence-electron chi connectivity index (χ1n) is 13.1. The molecular formula is C28H34FN5O. The zero-order valence-electron chi connectivity index (χ0n) is 20.3. The summed E-state index contributed by atoms with van der Waals surface area (Å²) < 4.78 is 15.5. The highest BCUT2D eigenvalue weighted by Crippen LogP contribution is 2.31. The van der Waals surface area contributed by atoms with Crippen LogP contribution in [0.1, 0.15) is 25.7 Å². The molecule has 6 nitrogen and oxygen atoms in total. The SMILES string of the molecule is O=C1N(CCN2CCN(c3cccc4c3ccn4-c3ccc(F)cc3)CC2)CCN1C1CCCC1. The summed E-state index contributed by atoms with van der Waals surface area (Å²) in [6, 6.07) is 16.0. The highest BCUT2D eigenvalue weighted by molar-refractivity contribution is 5.94. The Balaban J connectivity index is 1.06. The minimum Gasteiger partial charge on any atom is -0.368 e. The number of hydrogen-bond donors (Lipinski definition) is 0. The highest BCUT2D eigenvalue weighted by Gasteiger charge is 2.34. The number of benzene rings is 2. The predicted octanol–water partition coefficient (Wildman–Crippen LogP) is 4.57. The lowest BCUT2D eigenvalue weighted by Gasteiger charge is -2.37. The van der Waals surface area contributed by atoms with E-state index in [1.807, 2.05) is 12.1 Å². The summed E-state index contributed by atoms with van der Waals surface area (Å²) in [7, 11) is 0. The van der Waals surface area contributed by atoms with Crippen LogP contribution in [0, 0.1) is 5.82 Å². The molecule has 0 radical (unpaired) electrons. The Morgan fingerprint density at radius 2 is 1.60 bits per heavy atom. The summed E-state index contributed by atoms with van der Waals surface area (Å²) in [5.74, 6) is -0.219. The number of carbonyl (C=O) groups is 1. The van der Waals surface area contributed by atoms with Crippen molar-refractivity contribution in [1.29, 1.82) is 0 Å². The fourth-order valence-electron chi connectivity index (χ4n) is 6.09. The highest BCUT2D eigenvalue weighted by atomic mass is 19.1. The van der Waals surface area contributed by atoms with Gasteiger partial charge in [-0.15, -0.1) is 0 Å². The van der Waals surface area contributed by atoms with Gasteiger partial charge in [-0.05, 0) is 55.3 Å². The average molecular weight is 476 g/mol. The van der Waals surface area contributed by atoms with E-state index in [1.165, 1.54) is 48.9 Å². The molecule has 0 spiro atoms. The molecule has 1 aromatic heterocycles. The van der Waals surface area contributed by atoms with E-state index in [0.29, 0.717) is 6.04 Å². The maximum atomic E-state index is 13.4. The Morgan fingerprint density at radius 3 is 2.37 bits per heavy atom. The van der Waals surface area contributed by atoms with Crippen LogP contribution in [-0.2, 0) is 0 Å². The van der Waals surface area contributed by atoms with Gasteiger partial charge in [0, 0.05) is 81.4 Å². The second-order valence-corrected chi connectivity index (χ2v) is 10.1. The Bertz CT molecular complexity index is 1180. The molecule has 6 rings (SSSR count). The molecule has 2 aliphatic heterocycles. The van der Waals surface area contributed by atoms with Crippen molar-refractivity contribution in [3.63, 3.8) is 0 Å². The summed E-state index contributed by atoms with van der Waals surface area (Å²) >= 11 is 0. The Hall–Kier alpha value is -3.06. The second kappa shape index (κ2) is 9.53. The molecule has 0 atom stereocenters. The number of urea groups is 1. The molecule has 3 aliphatic rings. The first-order valence-corrected chi connectivity index (χ1v) is 13.1. The van der Waals surface area contributed by atoms with Gasteiger partial charge in [-0.1, -0.05) is 18.9 Å².